The summed E-state index contributed by atoms with van der Waals surface area (Å²) in [6.45, 7) is 3.36. The van der Waals surface area contributed by atoms with Crippen molar-refractivity contribution in [2.75, 3.05) is 10.8 Å². The number of hydrogen-bond acceptors (Lipinski definition) is 4. The van der Waals surface area contributed by atoms with Crippen LogP contribution in [0.3, 0.4) is 0 Å². The summed E-state index contributed by atoms with van der Waals surface area (Å²) >= 11 is 15.8. The molecule has 0 fully saturated rings. The average Bonchev–Trinajstić information content (AvgIpc) is 3.02. The van der Waals surface area contributed by atoms with E-state index in [4.69, 9.17) is 23.2 Å². The zero-order valence-corrected chi connectivity index (χ0v) is 28.8. The molecule has 45 heavy (non-hydrogen) atoms. The normalized spacial score (nSPS) is 12.6. The Morgan fingerprint density at radius 3 is 2.13 bits per heavy atom. The van der Waals surface area contributed by atoms with Gasteiger partial charge in [0, 0.05) is 33.5 Å². The van der Waals surface area contributed by atoms with E-state index in [2.05, 4.69) is 21.2 Å². The lowest BCUT2D eigenvalue weighted by atomic mass is 10.0. The number of nitrogens with one attached hydrogen (secondary N) is 1. The number of carbonyl (C=O) groups excluding carboxylic acids is 2. The molecular weight excluding hydrogens is 697 g/mol. The van der Waals surface area contributed by atoms with Crippen LogP contribution in [0.1, 0.15) is 31.4 Å². The molecule has 4 rings (SSSR count). The van der Waals surface area contributed by atoms with Crippen LogP contribution in [-0.4, -0.2) is 43.8 Å². The van der Waals surface area contributed by atoms with Crippen LogP contribution in [0.25, 0.3) is 0 Å². The summed E-state index contributed by atoms with van der Waals surface area (Å²) in [6, 6.07) is 27.8. The Balaban J connectivity index is 1.80. The number of sulfonamides is 1. The smallest absolute Gasteiger partial charge is 0.264 e. The zero-order chi connectivity index (χ0) is 32.6. The van der Waals surface area contributed by atoms with E-state index in [1.165, 1.54) is 35.2 Å². The minimum atomic E-state index is -4.26. The van der Waals surface area contributed by atoms with Gasteiger partial charge in [-0.1, -0.05) is 94.6 Å². The molecule has 2 amide bonds. The summed E-state index contributed by atoms with van der Waals surface area (Å²) in [5, 5.41) is 3.71. The molecule has 0 saturated heterocycles. The fourth-order valence-corrected chi connectivity index (χ4v) is 6.66. The maximum absolute atomic E-state index is 14.5. The molecule has 4 aromatic carbocycles. The van der Waals surface area contributed by atoms with Crippen molar-refractivity contribution in [3.8, 4) is 0 Å². The molecule has 0 radical (unpaired) electrons. The van der Waals surface area contributed by atoms with Crippen LogP contribution in [0.4, 0.5) is 5.69 Å². The van der Waals surface area contributed by atoms with Crippen LogP contribution < -0.4 is 9.62 Å². The number of carbonyl (C=O) groups is 2. The van der Waals surface area contributed by atoms with Crippen molar-refractivity contribution < 1.29 is 18.0 Å². The standard InChI is InChI=1S/C34H34BrCl2N3O4S/c1-3-24(2)38-34(42)32(20-25-8-5-4-6-9-25)39(22-26-12-14-27(35)15-13-26)33(41)23-40(30-11-7-10-29(37)21-30)45(43,44)31-18-16-28(36)17-19-31/h4-19,21,24,32H,3,20,22-23H2,1-2H3,(H,38,42)/t24-,32-/m1/s1. The van der Waals surface area contributed by atoms with Gasteiger partial charge in [0.1, 0.15) is 12.6 Å². The van der Waals surface area contributed by atoms with E-state index in [1.54, 1.807) is 18.2 Å². The van der Waals surface area contributed by atoms with E-state index < -0.39 is 28.5 Å². The highest BCUT2D eigenvalue weighted by atomic mass is 79.9. The van der Waals surface area contributed by atoms with Crippen molar-refractivity contribution in [2.45, 2.75) is 50.2 Å². The number of benzene rings is 4. The predicted octanol–water partition coefficient (Wildman–Crippen LogP) is 7.51. The van der Waals surface area contributed by atoms with Crippen molar-refractivity contribution in [3.05, 3.63) is 129 Å². The van der Waals surface area contributed by atoms with E-state index in [0.29, 0.717) is 16.5 Å². The van der Waals surface area contributed by atoms with Gasteiger partial charge in [0.2, 0.25) is 11.8 Å². The van der Waals surface area contributed by atoms with Crippen LogP contribution >= 0.6 is 39.1 Å². The van der Waals surface area contributed by atoms with Crippen molar-refractivity contribution in [1.82, 2.24) is 10.2 Å². The molecule has 0 aliphatic rings. The fraction of sp³-hybridized carbons (Fsp3) is 0.235. The Labute approximate surface area is 283 Å². The largest absolute Gasteiger partial charge is 0.352 e. The van der Waals surface area contributed by atoms with Crippen molar-refractivity contribution in [3.63, 3.8) is 0 Å². The minimum absolute atomic E-state index is 0.0468. The first-order valence-corrected chi connectivity index (χ1v) is 17.4. The minimum Gasteiger partial charge on any atom is -0.352 e. The van der Waals surface area contributed by atoms with E-state index in [9.17, 15) is 18.0 Å². The van der Waals surface area contributed by atoms with Gasteiger partial charge in [-0.3, -0.25) is 13.9 Å². The molecular formula is C34H34BrCl2N3O4S. The van der Waals surface area contributed by atoms with Gasteiger partial charge < -0.3 is 10.2 Å². The lowest BCUT2D eigenvalue weighted by Crippen LogP contribution is -2.54. The Hall–Kier alpha value is -3.37. The summed E-state index contributed by atoms with van der Waals surface area (Å²) in [7, 11) is -4.26. The second-order valence-corrected chi connectivity index (χ2v) is 14.3. The molecule has 0 aliphatic heterocycles. The number of rotatable bonds is 13. The van der Waals surface area contributed by atoms with Crippen LogP contribution in [-0.2, 0) is 32.6 Å². The third-order valence-electron chi connectivity index (χ3n) is 7.31. The molecule has 0 unspecified atom stereocenters. The van der Waals surface area contributed by atoms with Gasteiger partial charge in [-0.05, 0) is 79.1 Å². The summed E-state index contributed by atoms with van der Waals surface area (Å²) < 4.78 is 30.0. The molecule has 236 valence electrons. The maximum Gasteiger partial charge on any atom is 0.264 e. The lowest BCUT2D eigenvalue weighted by molar-refractivity contribution is -0.140. The van der Waals surface area contributed by atoms with E-state index >= 15 is 0 Å². The SMILES string of the molecule is CC[C@@H](C)NC(=O)[C@@H](Cc1ccccc1)N(Cc1ccc(Br)cc1)C(=O)CN(c1cccc(Cl)c1)S(=O)(=O)c1ccc(Cl)cc1. The first-order chi connectivity index (χ1) is 21.5. The van der Waals surface area contributed by atoms with E-state index in [0.717, 1.165) is 19.9 Å². The van der Waals surface area contributed by atoms with Crippen molar-refractivity contribution in [2.24, 2.45) is 0 Å². The zero-order valence-electron chi connectivity index (χ0n) is 24.9. The summed E-state index contributed by atoms with van der Waals surface area (Å²) in [5.41, 5.74) is 1.84. The molecule has 1 N–H and O–H groups in total. The Kier molecular flexibility index (Phi) is 12.1. The fourth-order valence-electron chi connectivity index (χ4n) is 4.68. The topological polar surface area (TPSA) is 86.8 Å². The Morgan fingerprint density at radius 2 is 1.51 bits per heavy atom. The quantitative estimate of drug-likeness (QED) is 0.154. The van der Waals surface area contributed by atoms with Gasteiger partial charge in [-0.15, -0.1) is 0 Å². The van der Waals surface area contributed by atoms with Gasteiger partial charge >= 0.3 is 0 Å². The molecule has 0 heterocycles. The third-order valence-corrected chi connectivity index (χ3v) is 10.1. The molecule has 0 saturated carbocycles. The molecule has 4 aromatic rings. The van der Waals surface area contributed by atoms with Gasteiger partial charge in [-0.2, -0.15) is 0 Å². The summed E-state index contributed by atoms with van der Waals surface area (Å²) in [5.74, 6) is -0.885. The Morgan fingerprint density at radius 1 is 0.844 bits per heavy atom. The second-order valence-electron chi connectivity index (χ2n) is 10.6. The van der Waals surface area contributed by atoms with Gasteiger partial charge in [-0.25, -0.2) is 8.42 Å². The molecule has 7 nitrogen and oxygen atoms in total. The summed E-state index contributed by atoms with van der Waals surface area (Å²) in [4.78, 5) is 29.8. The molecule has 0 aromatic heterocycles. The van der Waals surface area contributed by atoms with Crippen LogP contribution in [0.2, 0.25) is 10.0 Å². The van der Waals surface area contributed by atoms with Crippen molar-refractivity contribution in [1.29, 1.82) is 0 Å². The van der Waals surface area contributed by atoms with E-state index in [-0.39, 0.29) is 35.5 Å². The van der Waals surface area contributed by atoms with Gasteiger partial charge in [0.05, 0.1) is 10.6 Å². The van der Waals surface area contributed by atoms with E-state index in [1.807, 2.05) is 68.4 Å². The highest BCUT2D eigenvalue weighted by molar-refractivity contribution is 9.10. The Bertz CT molecular complexity index is 1710. The second kappa shape index (κ2) is 15.8. The third kappa shape index (κ3) is 9.33. The average molecular weight is 732 g/mol. The number of nitrogens with zero attached hydrogens (tertiary/aromatic N) is 2. The highest BCUT2D eigenvalue weighted by Gasteiger charge is 2.35. The maximum atomic E-state index is 14.5. The number of amides is 2. The first kappa shape index (κ1) is 34.5. The monoisotopic (exact) mass is 729 g/mol. The van der Waals surface area contributed by atoms with Crippen molar-refractivity contribution >= 4 is 66.7 Å². The first-order valence-electron chi connectivity index (χ1n) is 14.4. The molecule has 2 atom stereocenters. The highest BCUT2D eigenvalue weighted by Crippen LogP contribution is 2.28. The number of anilines is 1. The number of hydrogen-bond donors (Lipinski definition) is 1. The lowest BCUT2D eigenvalue weighted by Gasteiger charge is -2.34. The van der Waals surface area contributed by atoms with Gasteiger partial charge in [0.25, 0.3) is 10.0 Å². The predicted molar refractivity (Wildman–Crippen MR) is 184 cm³/mol. The number of halogens is 3. The molecule has 0 spiro atoms. The summed E-state index contributed by atoms with van der Waals surface area (Å²) in [6.07, 6.45) is 0.929. The molecule has 0 bridgehead atoms. The van der Waals surface area contributed by atoms with Crippen LogP contribution in [0.15, 0.2) is 112 Å². The molecule has 11 heteroatoms. The molecule has 0 aliphatic carbocycles. The van der Waals surface area contributed by atoms with Gasteiger partial charge in [0.15, 0.2) is 0 Å². The van der Waals surface area contributed by atoms with Crippen LogP contribution in [0, 0.1) is 0 Å². The van der Waals surface area contributed by atoms with Crippen LogP contribution in [0.5, 0.6) is 0 Å².